The molecule has 12 nitrogen and oxygen atoms in total. The Morgan fingerprint density at radius 1 is 1.09 bits per heavy atom. The summed E-state index contributed by atoms with van der Waals surface area (Å²) in [6.07, 6.45) is 1.55. The van der Waals surface area contributed by atoms with Crippen LogP contribution in [-0.2, 0) is 14.6 Å². The van der Waals surface area contributed by atoms with Gasteiger partial charge < -0.3 is 30.5 Å². The van der Waals surface area contributed by atoms with E-state index in [4.69, 9.17) is 15.2 Å². The second-order valence-corrected chi connectivity index (χ2v) is 13.2. The summed E-state index contributed by atoms with van der Waals surface area (Å²) >= 11 is 0. The Morgan fingerprint density at radius 2 is 1.85 bits per heavy atom. The van der Waals surface area contributed by atoms with Crippen molar-refractivity contribution in [1.29, 1.82) is 0 Å². The van der Waals surface area contributed by atoms with Crippen LogP contribution < -0.4 is 25.4 Å². The summed E-state index contributed by atoms with van der Waals surface area (Å²) in [5.74, 6) is 0.896. The highest BCUT2D eigenvalue weighted by Gasteiger charge is 2.38. The van der Waals surface area contributed by atoms with Gasteiger partial charge in [0.1, 0.15) is 11.9 Å². The number of fused-ring (bicyclic) bond motifs is 1. The van der Waals surface area contributed by atoms with Crippen LogP contribution in [0.3, 0.4) is 0 Å². The number of carbonyl (C=O) groups is 2. The van der Waals surface area contributed by atoms with Crippen LogP contribution in [-0.4, -0.2) is 69.0 Å². The lowest BCUT2D eigenvalue weighted by Gasteiger charge is -2.32. The third-order valence-corrected chi connectivity index (χ3v) is 10.2. The van der Waals surface area contributed by atoms with Crippen LogP contribution in [0, 0.1) is 0 Å². The third-order valence-electron chi connectivity index (χ3n) is 8.37. The molecule has 46 heavy (non-hydrogen) atoms. The molecule has 4 N–H and O–H groups in total. The average molecular weight is 648 g/mol. The Kier molecular flexibility index (Phi) is 9.24. The predicted molar refractivity (Wildman–Crippen MR) is 176 cm³/mol. The lowest BCUT2D eigenvalue weighted by atomic mass is 10.00. The number of benzene rings is 3. The van der Waals surface area contributed by atoms with Crippen molar-refractivity contribution in [2.24, 2.45) is 0 Å². The van der Waals surface area contributed by atoms with Gasteiger partial charge in [-0.15, -0.1) is 0 Å². The molecule has 1 aliphatic rings. The van der Waals surface area contributed by atoms with Crippen LogP contribution in [0.2, 0.25) is 0 Å². The molecule has 2 atom stereocenters. The number of amides is 2. The van der Waals surface area contributed by atoms with E-state index in [9.17, 15) is 23.1 Å². The maximum absolute atomic E-state index is 14.7. The van der Waals surface area contributed by atoms with Crippen molar-refractivity contribution in [3.8, 4) is 11.5 Å². The zero-order chi connectivity index (χ0) is 33.2. The van der Waals surface area contributed by atoms with Crippen molar-refractivity contribution in [2.45, 2.75) is 36.7 Å². The quantitative estimate of drug-likeness (QED) is 0.207. The minimum atomic E-state index is -3.71. The van der Waals surface area contributed by atoms with Crippen LogP contribution >= 0.6 is 0 Å². The van der Waals surface area contributed by atoms with Gasteiger partial charge in [0.2, 0.25) is 5.91 Å². The number of sulfone groups is 1. The molecule has 4 aromatic rings. The molecule has 2 amide bonds. The van der Waals surface area contributed by atoms with Gasteiger partial charge in [0.05, 0.1) is 30.9 Å². The number of hydrogen-bond donors (Lipinski definition) is 3. The maximum atomic E-state index is 14.7. The number of nitrogens with zero attached hydrogens (tertiary/aromatic N) is 3. The van der Waals surface area contributed by atoms with E-state index in [1.165, 1.54) is 33.4 Å². The number of nitrogens with two attached hydrogens (primary N) is 1. The molecule has 0 spiro atoms. The Hall–Kier alpha value is -5.04. The Labute approximate surface area is 267 Å². The molecule has 0 unspecified atom stereocenters. The predicted octanol–water partition coefficient (Wildman–Crippen LogP) is 5.26. The van der Waals surface area contributed by atoms with E-state index in [1.807, 2.05) is 24.3 Å². The molecule has 2 heterocycles. The first-order chi connectivity index (χ1) is 22.0. The molecule has 13 heteroatoms. The third kappa shape index (κ3) is 6.23. The minimum Gasteiger partial charge on any atom is -0.493 e. The van der Waals surface area contributed by atoms with Crippen LogP contribution in [0.5, 0.6) is 11.5 Å². The van der Waals surface area contributed by atoms with Gasteiger partial charge in [0, 0.05) is 36.6 Å². The largest absolute Gasteiger partial charge is 0.493 e. The van der Waals surface area contributed by atoms with E-state index in [-0.39, 0.29) is 16.6 Å². The first kappa shape index (κ1) is 32.4. The molecule has 0 bridgehead atoms. The van der Waals surface area contributed by atoms with Gasteiger partial charge in [0.15, 0.2) is 21.3 Å². The van der Waals surface area contributed by atoms with Crippen molar-refractivity contribution in [2.75, 3.05) is 49.5 Å². The number of nitrogen functional groups attached to an aromatic ring is 1. The summed E-state index contributed by atoms with van der Waals surface area (Å²) in [6.45, 7) is 1.93. The second kappa shape index (κ2) is 13.1. The van der Waals surface area contributed by atoms with Gasteiger partial charge in [-0.25, -0.2) is 18.2 Å². The van der Waals surface area contributed by atoms with Gasteiger partial charge in [-0.2, -0.15) is 0 Å². The Bertz CT molecular complexity index is 1900. The van der Waals surface area contributed by atoms with Crippen molar-refractivity contribution in [3.63, 3.8) is 0 Å². The van der Waals surface area contributed by atoms with Crippen molar-refractivity contribution in [1.82, 2.24) is 9.88 Å². The lowest BCUT2D eigenvalue weighted by molar-refractivity contribution is -0.133. The zero-order valence-corrected chi connectivity index (χ0v) is 26.9. The summed E-state index contributed by atoms with van der Waals surface area (Å²) < 4.78 is 37.5. The number of nitrogens with one attached hydrogen (secondary N) is 1. The Morgan fingerprint density at radius 3 is 2.54 bits per heavy atom. The zero-order valence-electron chi connectivity index (χ0n) is 26.1. The first-order valence-corrected chi connectivity index (χ1v) is 16.4. The van der Waals surface area contributed by atoms with E-state index in [0.717, 1.165) is 15.7 Å². The Balaban J connectivity index is 1.61. The highest BCUT2D eigenvalue weighted by Crippen LogP contribution is 2.41. The van der Waals surface area contributed by atoms with Crippen LogP contribution in [0.4, 0.5) is 22.0 Å². The highest BCUT2D eigenvalue weighted by molar-refractivity contribution is 7.91. The van der Waals surface area contributed by atoms with Gasteiger partial charge in [-0.1, -0.05) is 13.0 Å². The number of carboxylic acid groups (broad SMARTS) is 1. The van der Waals surface area contributed by atoms with Gasteiger partial charge in [-0.3, -0.25) is 9.69 Å². The molecule has 3 aromatic carbocycles. The minimum absolute atomic E-state index is 0.0820. The molecule has 1 fully saturated rings. The van der Waals surface area contributed by atoms with Gasteiger partial charge in [-0.05, 0) is 84.0 Å². The fraction of sp³-hybridized carbons (Fsp3) is 0.303. The smallest absolute Gasteiger partial charge is 0.411 e. The van der Waals surface area contributed by atoms with Crippen LogP contribution in [0.15, 0.2) is 71.8 Å². The molecule has 1 saturated heterocycles. The fourth-order valence-corrected chi connectivity index (χ4v) is 6.99. The van der Waals surface area contributed by atoms with E-state index < -0.39 is 28.0 Å². The molecule has 1 aromatic heterocycles. The number of aromatic nitrogens is 1. The summed E-state index contributed by atoms with van der Waals surface area (Å²) in [5.41, 5.74) is 8.01. The standard InChI is InChI=1S/C33H37N5O7S/c1-5-46(42,43)29-13-10-23(37(2)33(40)41)19-25(29)26-7-6-16-38(26)32(39)30(21-8-12-27(44-3)28(18-21)45-4)36-22-9-11-24-20(17-22)14-15-35-31(24)34/h8-15,17-19,26,30,36H,5-7,16H2,1-4H3,(H2,34,35)(H,40,41)/t26-,30+/m1/s1. The maximum Gasteiger partial charge on any atom is 0.411 e. The number of likely N-dealkylation sites (tertiary alicyclic amines) is 1. The van der Waals surface area contributed by atoms with E-state index in [2.05, 4.69) is 10.3 Å². The summed E-state index contributed by atoms with van der Waals surface area (Å²) in [4.78, 5) is 33.4. The SMILES string of the molecule is CCS(=O)(=O)c1ccc(N(C)C(=O)O)cc1[C@H]1CCCN1C(=O)[C@@H](Nc1ccc2c(N)nccc2c1)c1ccc(OC)c(OC)c1. The van der Waals surface area contributed by atoms with E-state index in [1.54, 1.807) is 42.3 Å². The number of rotatable bonds is 10. The molecule has 5 rings (SSSR count). The summed E-state index contributed by atoms with van der Waals surface area (Å²) in [7, 11) is 0.724. The summed E-state index contributed by atoms with van der Waals surface area (Å²) in [6, 6.07) is 15.5. The number of methoxy groups -OCH3 is 2. The number of pyridine rings is 1. The van der Waals surface area contributed by atoms with Crippen molar-refractivity contribution >= 4 is 49.8 Å². The molecular weight excluding hydrogens is 610 g/mol. The number of carbonyl (C=O) groups excluding carboxylic acids is 1. The van der Waals surface area contributed by atoms with Crippen LogP contribution in [0.25, 0.3) is 10.8 Å². The molecule has 0 aliphatic carbocycles. The van der Waals surface area contributed by atoms with Crippen LogP contribution in [0.1, 0.15) is 43.0 Å². The van der Waals surface area contributed by atoms with Gasteiger partial charge >= 0.3 is 6.09 Å². The second-order valence-electron chi connectivity index (χ2n) is 11.0. The number of ether oxygens (including phenoxy) is 2. The monoisotopic (exact) mass is 647 g/mol. The molecular formula is C33H37N5O7S. The molecule has 1 aliphatic heterocycles. The normalized spacial score (nSPS) is 15.4. The topological polar surface area (TPSA) is 164 Å². The van der Waals surface area contributed by atoms with Gasteiger partial charge in [0.25, 0.3) is 0 Å². The molecule has 0 radical (unpaired) electrons. The number of hydrogen-bond acceptors (Lipinski definition) is 9. The molecule has 0 saturated carbocycles. The van der Waals surface area contributed by atoms with E-state index in [0.29, 0.717) is 59.2 Å². The average Bonchev–Trinajstić information content (AvgIpc) is 3.56. The van der Waals surface area contributed by atoms with Crippen molar-refractivity contribution in [3.05, 3.63) is 78.0 Å². The molecule has 242 valence electrons. The van der Waals surface area contributed by atoms with Crippen molar-refractivity contribution < 1.29 is 32.6 Å². The van der Waals surface area contributed by atoms with E-state index >= 15 is 0 Å². The lowest BCUT2D eigenvalue weighted by Crippen LogP contribution is -2.38. The first-order valence-electron chi connectivity index (χ1n) is 14.8. The fourth-order valence-electron chi connectivity index (χ4n) is 5.85. The summed E-state index contributed by atoms with van der Waals surface area (Å²) in [5, 5.41) is 14.6. The highest BCUT2D eigenvalue weighted by atomic mass is 32.2. The number of anilines is 3.